The van der Waals surface area contributed by atoms with Gasteiger partial charge in [-0.05, 0) is 24.6 Å². The third-order valence-corrected chi connectivity index (χ3v) is 4.26. The lowest BCUT2D eigenvalue weighted by Crippen LogP contribution is -1.98. The molecule has 0 aliphatic heterocycles. The number of rotatable bonds is 5. The first-order valence-corrected chi connectivity index (χ1v) is 7.01. The van der Waals surface area contributed by atoms with Crippen LogP contribution in [0.25, 0.3) is 0 Å². The van der Waals surface area contributed by atoms with E-state index >= 15 is 0 Å². The summed E-state index contributed by atoms with van der Waals surface area (Å²) in [7, 11) is 1.83. The zero-order valence-electron chi connectivity index (χ0n) is 11.3. The average molecular weight is 285 g/mol. The summed E-state index contributed by atoms with van der Waals surface area (Å²) in [4.78, 5) is 23.9. The largest absolute Gasteiger partial charge is 0.387 e. The Labute approximate surface area is 122 Å². The van der Waals surface area contributed by atoms with E-state index in [1.54, 1.807) is 12.1 Å². The maximum absolute atomic E-state index is 11.1. The molecule has 20 heavy (non-hydrogen) atoms. The minimum atomic E-state index is 0.664. The summed E-state index contributed by atoms with van der Waals surface area (Å²) in [5.41, 5.74) is 3.16. The molecule has 0 radical (unpaired) electrons. The molecule has 1 N–H and O–H groups in total. The number of nitrogens with one attached hydrogen (secondary N) is 1. The molecule has 0 saturated heterocycles. The van der Waals surface area contributed by atoms with Crippen LogP contribution in [0.4, 0.5) is 5.69 Å². The molecule has 0 atom stereocenters. The van der Waals surface area contributed by atoms with Crippen molar-refractivity contribution in [2.24, 2.45) is 0 Å². The molecule has 0 amide bonds. The van der Waals surface area contributed by atoms with Crippen LogP contribution < -0.4 is 5.32 Å². The molecule has 0 aliphatic rings. The number of aldehydes is 2. The second-order valence-electron chi connectivity index (χ2n) is 4.28. The molecule has 0 spiro atoms. The number of hydrogen-bond acceptors (Lipinski definition) is 4. The molecule has 3 nitrogen and oxygen atoms in total. The van der Waals surface area contributed by atoms with E-state index in [4.69, 9.17) is 0 Å². The molecule has 0 heterocycles. The van der Waals surface area contributed by atoms with Crippen LogP contribution in [0.15, 0.2) is 46.2 Å². The Bertz CT molecular complexity index is 653. The van der Waals surface area contributed by atoms with Gasteiger partial charge in [0.05, 0.1) is 5.69 Å². The van der Waals surface area contributed by atoms with E-state index in [2.05, 4.69) is 5.32 Å². The van der Waals surface area contributed by atoms with E-state index in [1.807, 2.05) is 38.2 Å². The Morgan fingerprint density at radius 3 is 2.30 bits per heavy atom. The summed E-state index contributed by atoms with van der Waals surface area (Å²) >= 11 is 1.51. The molecule has 0 aliphatic carbocycles. The average Bonchev–Trinajstić information content (AvgIpc) is 2.48. The molecule has 2 aromatic carbocycles. The number of carbonyl (C=O) groups excluding carboxylic acids is 2. The van der Waals surface area contributed by atoms with Crippen LogP contribution >= 0.6 is 11.8 Å². The van der Waals surface area contributed by atoms with E-state index in [0.29, 0.717) is 11.1 Å². The molecule has 0 saturated carbocycles. The molecule has 2 rings (SSSR count). The maximum atomic E-state index is 11.1. The topological polar surface area (TPSA) is 46.2 Å². The SMILES string of the molecule is CNc1c(Sc2ccccc2C=O)ccc(C=O)c1C. The highest BCUT2D eigenvalue weighted by Crippen LogP contribution is 2.37. The van der Waals surface area contributed by atoms with Gasteiger partial charge in [0.1, 0.15) is 6.29 Å². The van der Waals surface area contributed by atoms with Crippen molar-refractivity contribution >= 4 is 30.0 Å². The van der Waals surface area contributed by atoms with Gasteiger partial charge in [0.2, 0.25) is 0 Å². The summed E-state index contributed by atoms with van der Waals surface area (Å²) in [5, 5.41) is 3.13. The normalized spacial score (nSPS) is 10.1. The van der Waals surface area contributed by atoms with Gasteiger partial charge in [-0.3, -0.25) is 9.59 Å². The first kappa shape index (κ1) is 14.3. The van der Waals surface area contributed by atoms with Gasteiger partial charge in [0.15, 0.2) is 6.29 Å². The van der Waals surface area contributed by atoms with Crippen LogP contribution in [0.2, 0.25) is 0 Å². The molecule has 0 fully saturated rings. The van der Waals surface area contributed by atoms with Crippen molar-refractivity contribution < 1.29 is 9.59 Å². The number of hydrogen-bond donors (Lipinski definition) is 1. The van der Waals surface area contributed by atoms with Gasteiger partial charge >= 0.3 is 0 Å². The van der Waals surface area contributed by atoms with Gasteiger partial charge in [-0.2, -0.15) is 0 Å². The fraction of sp³-hybridized carbons (Fsp3) is 0.125. The Morgan fingerprint density at radius 1 is 0.950 bits per heavy atom. The van der Waals surface area contributed by atoms with Crippen molar-refractivity contribution in [1.29, 1.82) is 0 Å². The lowest BCUT2D eigenvalue weighted by atomic mass is 10.1. The molecule has 0 unspecified atom stereocenters. The zero-order chi connectivity index (χ0) is 14.5. The van der Waals surface area contributed by atoms with E-state index in [0.717, 1.165) is 33.6 Å². The number of carbonyl (C=O) groups is 2. The first-order chi connectivity index (χ1) is 9.71. The molecule has 2 aromatic rings. The van der Waals surface area contributed by atoms with Crippen molar-refractivity contribution in [3.05, 3.63) is 53.1 Å². The van der Waals surface area contributed by atoms with Crippen LogP contribution in [0, 0.1) is 6.92 Å². The third-order valence-electron chi connectivity index (χ3n) is 3.11. The van der Waals surface area contributed by atoms with E-state index < -0.39 is 0 Å². The minimum absolute atomic E-state index is 0.664. The number of anilines is 1. The predicted molar refractivity (Wildman–Crippen MR) is 82.1 cm³/mol. The lowest BCUT2D eigenvalue weighted by molar-refractivity contribution is 0.111. The van der Waals surface area contributed by atoms with E-state index in [1.165, 1.54) is 11.8 Å². The molecular weight excluding hydrogens is 270 g/mol. The van der Waals surface area contributed by atoms with Crippen LogP contribution in [0.3, 0.4) is 0 Å². The third kappa shape index (κ3) is 2.75. The molecule has 0 bridgehead atoms. The minimum Gasteiger partial charge on any atom is -0.387 e. The fourth-order valence-corrected chi connectivity index (χ4v) is 3.13. The van der Waals surface area contributed by atoms with Gasteiger partial charge in [-0.1, -0.05) is 36.0 Å². The van der Waals surface area contributed by atoms with Crippen molar-refractivity contribution in [2.75, 3.05) is 12.4 Å². The summed E-state index contributed by atoms with van der Waals surface area (Å²) in [6.07, 6.45) is 1.71. The molecule has 102 valence electrons. The summed E-state index contributed by atoms with van der Waals surface area (Å²) in [5.74, 6) is 0. The maximum Gasteiger partial charge on any atom is 0.151 e. The van der Waals surface area contributed by atoms with Crippen LogP contribution in [0.1, 0.15) is 26.3 Å². The second-order valence-corrected chi connectivity index (χ2v) is 5.36. The summed E-state index contributed by atoms with van der Waals surface area (Å²) in [6.45, 7) is 1.91. The fourth-order valence-electron chi connectivity index (χ4n) is 2.02. The van der Waals surface area contributed by atoms with Gasteiger partial charge in [0.25, 0.3) is 0 Å². The highest BCUT2D eigenvalue weighted by molar-refractivity contribution is 7.99. The molecular formula is C16H15NO2S. The Hall–Kier alpha value is -2.07. The monoisotopic (exact) mass is 285 g/mol. The second kappa shape index (κ2) is 6.39. The van der Waals surface area contributed by atoms with Gasteiger partial charge < -0.3 is 5.32 Å². The Kier molecular flexibility index (Phi) is 4.58. The van der Waals surface area contributed by atoms with Gasteiger partial charge in [-0.15, -0.1) is 0 Å². The van der Waals surface area contributed by atoms with Crippen molar-refractivity contribution in [2.45, 2.75) is 16.7 Å². The Balaban J connectivity index is 2.46. The lowest BCUT2D eigenvalue weighted by Gasteiger charge is -2.14. The van der Waals surface area contributed by atoms with Crippen LogP contribution in [-0.2, 0) is 0 Å². The summed E-state index contributed by atoms with van der Waals surface area (Å²) < 4.78 is 0. The van der Waals surface area contributed by atoms with Crippen LogP contribution in [0.5, 0.6) is 0 Å². The summed E-state index contributed by atoms with van der Waals surface area (Å²) in [6, 6.07) is 11.1. The van der Waals surface area contributed by atoms with E-state index in [-0.39, 0.29) is 0 Å². The number of benzene rings is 2. The van der Waals surface area contributed by atoms with Crippen molar-refractivity contribution in [3.8, 4) is 0 Å². The standard InChI is InChI=1S/C16H15NO2S/c1-11-12(9-18)7-8-15(16(11)17-2)20-14-6-4-3-5-13(14)10-19/h3-10,17H,1-2H3. The zero-order valence-corrected chi connectivity index (χ0v) is 12.2. The van der Waals surface area contributed by atoms with Gasteiger partial charge in [-0.25, -0.2) is 0 Å². The quantitative estimate of drug-likeness (QED) is 0.848. The van der Waals surface area contributed by atoms with Crippen molar-refractivity contribution in [1.82, 2.24) is 0 Å². The van der Waals surface area contributed by atoms with Crippen LogP contribution in [-0.4, -0.2) is 19.6 Å². The van der Waals surface area contributed by atoms with Crippen molar-refractivity contribution in [3.63, 3.8) is 0 Å². The highest BCUT2D eigenvalue weighted by Gasteiger charge is 2.11. The van der Waals surface area contributed by atoms with Gasteiger partial charge in [0, 0.05) is 28.0 Å². The predicted octanol–water partition coefficient (Wildman–Crippen LogP) is 3.81. The smallest absolute Gasteiger partial charge is 0.151 e. The Morgan fingerprint density at radius 2 is 1.65 bits per heavy atom. The molecule has 4 heteroatoms. The van der Waals surface area contributed by atoms with E-state index in [9.17, 15) is 9.59 Å². The molecule has 0 aromatic heterocycles. The first-order valence-electron chi connectivity index (χ1n) is 6.20. The highest BCUT2D eigenvalue weighted by atomic mass is 32.2.